The van der Waals surface area contributed by atoms with Crippen LogP contribution in [0.2, 0.25) is 0 Å². The summed E-state index contributed by atoms with van der Waals surface area (Å²) in [5.41, 5.74) is 0. The van der Waals surface area contributed by atoms with E-state index in [1.807, 2.05) is 0 Å². The van der Waals surface area contributed by atoms with E-state index in [1.54, 1.807) is 7.11 Å². The summed E-state index contributed by atoms with van der Waals surface area (Å²) in [7, 11) is 4.02. The van der Waals surface area contributed by atoms with E-state index in [-0.39, 0.29) is 0 Å². The number of unbranched alkanes of at least 4 members (excludes halogenated alkanes) is 1. The van der Waals surface area contributed by atoms with E-state index in [9.17, 15) is 0 Å². The van der Waals surface area contributed by atoms with E-state index in [0.29, 0.717) is 0 Å². The Morgan fingerprint density at radius 2 is 1.94 bits per heavy atom. The predicted molar refractivity (Wildman–Crippen MR) is 73.4 cm³/mol. The SMILES string of the molecule is COCCNCCCCN(C)CC1CCCC1. The van der Waals surface area contributed by atoms with Crippen LogP contribution >= 0.6 is 0 Å². The molecule has 3 heteroatoms. The van der Waals surface area contributed by atoms with Crippen molar-refractivity contribution in [1.82, 2.24) is 10.2 Å². The molecule has 0 unspecified atom stereocenters. The zero-order chi connectivity index (χ0) is 12.3. The number of rotatable bonds is 10. The van der Waals surface area contributed by atoms with Crippen LogP contribution in [0.15, 0.2) is 0 Å². The summed E-state index contributed by atoms with van der Waals surface area (Å²) in [6.45, 7) is 5.50. The van der Waals surface area contributed by atoms with Gasteiger partial charge in [0.05, 0.1) is 6.61 Å². The number of nitrogens with one attached hydrogen (secondary N) is 1. The molecule has 1 aliphatic carbocycles. The van der Waals surface area contributed by atoms with Gasteiger partial charge in [-0.05, 0) is 51.7 Å². The molecule has 102 valence electrons. The fourth-order valence-electron chi connectivity index (χ4n) is 2.66. The Hall–Kier alpha value is -0.120. The Morgan fingerprint density at radius 3 is 2.65 bits per heavy atom. The minimum absolute atomic E-state index is 0.821. The van der Waals surface area contributed by atoms with Gasteiger partial charge in [-0.3, -0.25) is 0 Å². The van der Waals surface area contributed by atoms with Crippen LogP contribution in [0.5, 0.6) is 0 Å². The number of hydrogen-bond donors (Lipinski definition) is 1. The van der Waals surface area contributed by atoms with Gasteiger partial charge in [0, 0.05) is 20.2 Å². The average molecular weight is 242 g/mol. The minimum atomic E-state index is 0.821. The van der Waals surface area contributed by atoms with Crippen molar-refractivity contribution in [1.29, 1.82) is 0 Å². The predicted octanol–water partition coefficient (Wildman–Crippen LogP) is 2.12. The topological polar surface area (TPSA) is 24.5 Å². The molecule has 3 nitrogen and oxygen atoms in total. The number of ether oxygens (including phenoxy) is 1. The largest absolute Gasteiger partial charge is 0.383 e. The molecule has 0 aromatic heterocycles. The zero-order valence-corrected chi connectivity index (χ0v) is 11.7. The Balaban J connectivity index is 1.84. The van der Waals surface area contributed by atoms with Crippen molar-refractivity contribution in [2.45, 2.75) is 38.5 Å². The third kappa shape index (κ3) is 7.74. The van der Waals surface area contributed by atoms with Crippen LogP contribution in [0.1, 0.15) is 38.5 Å². The molecule has 0 spiro atoms. The maximum atomic E-state index is 4.99. The van der Waals surface area contributed by atoms with Crippen molar-refractivity contribution < 1.29 is 4.74 Å². The van der Waals surface area contributed by atoms with E-state index in [4.69, 9.17) is 4.74 Å². The molecule has 0 aliphatic heterocycles. The second-order valence-corrected chi connectivity index (χ2v) is 5.36. The summed E-state index contributed by atoms with van der Waals surface area (Å²) in [4.78, 5) is 2.52. The van der Waals surface area contributed by atoms with Gasteiger partial charge in [-0.2, -0.15) is 0 Å². The monoisotopic (exact) mass is 242 g/mol. The third-order valence-electron chi connectivity index (χ3n) is 3.67. The molecule has 0 aromatic carbocycles. The van der Waals surface area contributed by atoms with Crippen LogP contribution in [-0.4, -0.2) is 51.8 Å². The maximum Gasteiger partial charge on any atom is 0.0587 e. The van der Waals surface area contributed by atoms with E-state index in [2.05, 4.69) is 17.3 Å². The van der Waals surface area contributed by atoms with Gasteiger partial charge in [0.25, 0.3) is 0 Å². The first-order valence-corrected chi connectivity index (χ1v) is 7.21. The summed E-state index contributed by atoms with van der Waals surface area (Å²) >= 11 is 0. The lowest BCUT2D eigenvalue weighted by molar-refractivity contribution is 0.199. The number of hydrogen-bond acceptors (Lipinski definition) is 3. The van der Waals surface area contributed by atoms with E-state index < -0.39 is 0 Å². The highest BCUT2D eigenvalue weighted by atomic mass is 16.5. The summed E-state index contributed by atoms with van der Waals surface area (Å²) < 4.78 is 4.99. The maximum absolute atomic E-state index is 4.99. The first-order chi connectivity index (χ1) is 8.33. The molecule has 1 fully saturated rings. The van der Waals surface area contributed by atoms with Crippen LogP contribution in [0.25, 0.3) is 0 Å². The van der Waals surface area contributed by atoms with Gasteiger partial charge in [0.2, 0.25) is 0 Å². The fourth-order valence-corrected chi connectivity index (χ4v) is 2.66. The highest BCUT2D eigenvalue weighted by Gasteiger charge is 2.16. The molecule has 0 aromatic rings. The Bertz CT molecular complexity index is 170. The van der Waals surface area contributed by atoms with Gasteiger partial charge in [-0.25, -0.2) is 0 Å². The van der Waals surface area contributed by atoms with E-state index in [1.165, 1.54) is 51.6 Å². The molecule has 0 amide bonds. The van der Waals surface area contributed by atoms with Crippen molar-refractivity contribution in [3.8, 4) is 0 Å². The molecular formula is C14H30N2O. The molecule has 0 saturated heterocycles. The number of methoxy groups -OCH3 is 1. The average Bonchev–Trinajstić information content (AvgIpc) is 2.80. The molecule has 0 radical (unpaired) electrons. The second-order valence-electron chi connectivity index (χ2n) is 5.36. The lowest BCUT2D eigenvalue weighted by Crippen LogP contribution is -2.26. The van der Waals surface area contributed by atoms with Crippen LogP contribution in [0.4, 0.5) is 0 Å². The van der Waals surface area contributed by atoms with Crippen molar-refractivity contribution in [3.05, 3.63) is 0 Å². The minimum Gasteiger partial charge on any atom is -0.383 e. The number of nitrogens with zero attached hydrogens (tertiary/aromatic N) is 1. The molecule has 1 saturated carbocycles. The fraction of sp³-hybridized carbons (Fsp3) is 1.00. The first kappa shape index (κ1) is 14.9. The Labute approximate surface area is 107 Å². The first-order valence-electron chi connectivity index (χ1n) is 7.21. The summed E-state index contributed by atoms with van der Waals surface area (Å²) in [5.74, 6) is 0.986. The van der Waals surface area contributed by atoms with E-state index >= 15 is 0 Å². The molecule has 0 atom stereocenters. The molecule has 1 rings (SSSR count). The highest BCUT2D eigenvalue weighted by Crippen LogP contribution is 2.25. The van der Waals surface area contributed by atoms with Crippen LogP contribution in [0, 0.1) is 5.92 Å². The van der Waals surface area contributed by atoms with Crippen molar-refractivity contribution in [2.24, 2.45) is 5.92 Å². The molecule has 0 heterocycles. The second kappa shape index (κ2) is 9.86. The molecule has 1 N–H and O–H groups in total. The Kier molecular flexibility index (Phi) is 8.67. The lowest BCUT2D eigenvalue weighted by Gasteiger charge is -2.20. The Morgan fingerprint density at radius 1 is 1.18 bits per heavy atom. The van der Waals surface area contributed by atoms with Crippen molar-refractivity contribution in [3.63, 3.8) is 0 Å². The quantitative estimate of drug-likeness (QED) is 0.594. The van der Waals surface area contributed by atoms with Crippen LogP contribution < -0.4 is 5.32 Å². The highest BCUT2D eigenvalue weighted by molar-refractivity contribution is 4.70. The van der Waals surface area contributed by atoms with Gasteiger partial charge in [0.1, 0.15) is 0 Å². The zero-order valence-electron chi connectivity index (χ0n) is 11.7. The summed E-state index contributed by atoms with van der Waals surface area (Å²) in [6.07, 6.45) is 8.43. The standard InChI is InChI=1S/C14H30N2O/c1-16(13-14-7-3-4-8-14)11-6-5-9-15-10-12-17-2/h14-15H,3-13H2,1-2H3. The molecule has 17 heavy (non-hydrogen) atoms. The van der Waals surface area contributed by atoms with Gasteiger partial charge >= 0.3 is 0 Å². The lowest BCUT2D eigenvalue weighted by atomic mass is 10.1. The van der Waals surface area contributed by atoms with Gasteiger partial charge < -0.3 is 15.0 Å². The van der Waals surface area contributed by atoms with Gasteiger partial charge in [-0.1, -0.05) is 12.8 Å². The normalized spacial score (nSPS) is 17.1. The summed E-state index contributed by atoms with van der Waals surface area (Å²) in [5, 5.41) is 3.39. The van der Waals surface area contributed by atoms with Crippen molar-refractivity contribution in [2.75, 3.05) is 46.9 Å². The van der Waals surface area contributed by atoms with Crippen LogP contribution in [-0.2, 0) is 4.74 Å². The van der Waals surface area contributed by atoms with E-state index in [0.717, 1.165) is 25.6 Å². The summed E-state index contributed by atoms with van der Waals surface area (Å²) in [6, 6.07) is 0. The van der Waals surface area contributed by atoms with Crippen molar-refractivity contribution >= 4 is 0 Å². The molecule has 1 aliphatic rings. The third-order valence-corrected chi connectivity index (χ3v) is 3.67. The smallest absolute Gasteiger partial charge is 0.0587 e. The van der Waals surface area contributed by atoms with Gasteiger partial charge in [-0.15, -0.1) is 0 Å². The molecule has 0 bridgehead atoms. The van der Waals surface area contributed by atoms with Crippen LogP contribution in [0.3, 0.4) is 0 Å². The molecular weight excluding hydrogens is 212 g/mol. The van der Waals surface area contributed by atoms with Gasteiger partial charge in [0.15, 0.2) is 0 Å².